The Kier molecular flexibility index (Phi) is 5.36. The highest BCUT2D eigenvalue weighted by Crippen LogP contribution is 2.42. The first-order valence-corrected chi connectivity index (χ1v) is 17.1. The van der Waals surface area contributed by atoms with E-state index in [2.05, 4.69) is 166 Å². The molecule has 0 radical (unpaired) electrons. The summed E-state index contributed by atoms with van der Waals surface area (Å²) in [5, 5.41) is 5.09. The van der Waals surface area contributed by atoms with Crippen molar-refractivity contribution < 1.29 is 4.74 Å². The summed E-state index contributed by atoms with van der Waals surface area (Å²) < 4.78 is 11.7. The molecule has 3 nitrogen and oxygen atoms in total. The summed E-state index contributed by atoms with van der Waals surface area (Å²) in [4.78, 5) is 0. The number of rotatable bonds is 1. The summed E-state index contributed by atoms with van der Waals surface area (Å²) in [5.74, 6) is 1.92. The maximum Gasteiger partial charge on any atom is 0.256 e. The number of nitrogens with zero attached hydrogens (tertiary/aromatic N) is 2. The molecule has 4 heteroatoms. The minimum absolute atomic E-state index is 0.0419. The molecule has 0 aliphatic carbocycles. The Bertz CT molecular complexity index is 2660. The second-order valence-corrected chi connectivity index (χ2v) is 15.8. The van der Waals surface area contributed by atoms with Crippen molar-refractivity contribution in [2.24, 2.45) is 0 Å². The van der Waals surface area contributed by atoms with Crippen molar-refractivity contribution in [3.05, 3.63) is 126 Å². The lowest BCUT2D eigenvalue weighted by Crippen LogP contribution is -2.58. The van der Waals surface area contributed by atoms with Gasteiger partial charge in [-0.15, -0.1) is 0 Å². The average molecular weight is 621 g/mol. The fraction of sp³-hybridized carbons (Fsp3) is 0.182. The highest BCUT2D eigenvalue weighted by molar-refractivity contribution is 6.99. The van der Waals surface area contributed by atoms with E-state index < -0.39 is 0 Å². The molecule has 48 heavy (non-hydrogen) atoms. The van der Waals surface area contributed by atoms with Gasteiger partial charge in [-0.3, -0.25) is 0 Å². The Morgan fingerprint density at radius 2 is 1.17 bits per heavy atom. The summed E-state index contributed by atoms with van der Waals surface area (Å²) >= 11 is 0. The van der Waals surface area contributed by atoms with Crippen LogP contribution < -0.4 is 21.1 Å². The minimum Gasteiger partial charge on any atom is -0.458 e. The quantitative estimate of drug-likeness (QED) is 0.167. The van der Waals surface area contributed by atoms with Gasteiger partial charge in [-0.2, -0.15) is 0 Å². The highest BCUT2D eigenvalue weighted by atomic mass is 16.5. The fourth-order valence-electron chi connectivity index (χ4n) is 8.45. The largest absolute Gasteiger partial charge is 0.458 e. The van der Waals surface area contributed by atoms with Gasteiger partial charge < -0.3 is 13.9 Å². The number of fused-ring (bicyclic) bond motifs is 11. The Labute approximate surface area is 281 Å². The van der Waals surface area contributed by atoms with E-state index in [1.54, 1.807) is 0 Å². The normalized spacial score (nSPS) is 13.8. The highest BCUT2D eigenvalue weighted by Gasteiger charge is 2.41. The molecule has 0 fully saturated rings. The van der Waals surface area contributed by atoms with Crippen molar-refractivity contribution >= 4 is 66.7 Å². The molecule has 232 valence electrons. The molecule has 10 rings (SSSR count). The third-order valence-corrected chi connectivity index (χ3v) is 10.9. The van der Waals surface area contributed by atoms with E-state index in [0.29, 0.717) is 0 Å². The number of hydrogen-bond donors (Lipinski definition) is 0. The molecular formula is C44H37BN2O. The van der Waals surface area contributed by atoms with E-state index in [1.807, 2.05) is 0 Å². The zero-order valence-electron chi connectivity index (χ0n) is 28.3. The summed E-state index contributed by atoms with van der Waals surface area (Å²) in [5.41, 5.74) is 14.0. The monoisotopic (exact) mass is 620 g/mol. The first-order valence-electron chi connectivity index (χ1n) is 17.1. The van der Waals surface area contributed by atoms with Gasteiger partial charge in [0.25, 0.3) is 6.71 Å². The molecule has 2 aromatic heterocycles. The van der Waals surface area contributed by atoms with Crippen molar-refractivity contribution in [3.8, 4) is 22.9 Å². The van der Waals surface area contributed by atoms with Crippen LogP contribution in [0.15, 0.2) is 115 Å². The van der Waals surface area contributed by atoms with Crippen LogP contribution in [-0.2, 0) is 10.8 Å². The third kappa shape index (κ3) is 3.66. The van der Waals surface area contributed by atoms with Crippen LogP contribution in [0.25, 0.3) is 55.0 Å². The molecule has 2 aliphatic heterocycles. The van der Waals surface area contributed by atoms with E-state index in [4.69, 9.17) is 4.74 Å². The maximum absolute atomic E-state index is 6.74. The van der Waals surface area contributed by atoms with E-state index in [1.165, 1.54) is 82.5 Å². The van der Waals surface area contributed by atoms with E-state index in [-0.39, 0.29) is 17.5 Å². The predicted octanol–water partition coefficient (Wildman–Crippen LogP) is 9.41. The standard InChI is InChI=1S/C44H37BN2O/c1-43(2,3)26-15-18-28(19-16-26)46-35-13-9-7-11-29(35)31-24-32-30-20-22-40-41-42(30)47(38(32)25-37(31)46)36-14-10-8-12-33(36)45(41)34-23-27(44(4,5)6)17-21-39(34)48-40/h7-25H,1-6H3. The summed E-state index contributed by atoms with van der Waals surface area (Å²) in [6.45, 7) is 13.8. The van der Waals surface area contributed by atoms with Crippen LogP contribution in [0.5, 0.6) is 11.5 Å². The van der Waals surface area contributed by atoms with Crippen molar-refractivity contribution in [1.29, 1.82) is 0 Å². The van der Waals surface area contributed by atoms with Gasteiger partial charge >= 0.3 is 0 Å². The van der Waals surface area contributed by atoms with Gasteiger partial charge in [-0.25, -0.2) is 0 Å². The van der Waals surface area contributed by atoms with Crippen LogP contribution in [0, 0.1) is 0 Å². The molecule has 0 saturated carbocycles. The molecule has 6 aromatic carbocycles. The zero-order valence-corrected chi connectivity index (χ0v) is 28.3. The molecular weight excluding hydrogens is 583 g/mol. The van der Waals surface area contributed by atoms with Crippen LogP contribution >= 0.6 is 0 Å². The van der Waals surface area contributed by atoms with Crippen molar-refractivity contribution in [2.45, 2.75) is 52.4 Å². The Morgan fingerprint density at radius 1 is 0.500 bits per heavy atom. The first kappa shape index (κ1) is 27.9. The van der Waals surface area contributed by atoms with Gasteiger partial charge in [0.2, 0.25) is 0 Å². The molecule has 0 atom stereocenters. The van der Waals surface area contributed by atoms with Gasteiger partial charge in [0, 0.05) is 32.9 Å². The van der Waals surface area contributed by atoms with Gasteiger partial charge in [-0.1, -0.05) is 102 Å². The average Bonchev–Trinajstić information content (AvgIpc) is 3.58. The van der Waals surface area contributed by atoms with Crippen LogP contribution in [0.4, 0.5) is 0 Å². The maximum atomic E-state index is 6.74. The van der Waals surface area contributed by atoms with E-state index in [9.17, 15) is 0 Å². The van der Waals surface area contributed by atoms with Crippen LogP contribution in [-0.4, -0.2) is 15.8 Å². The molecule has 0 spiro atoms. The molecule has 0 saturated heterocycles. The Hall–Kier alpha value is -5.22. The molecule has 0 bridgehead atoms. The second-order valence-electron chi connectivity index (χ2n) is 15.8. The summed E-state index contributed by atoms with van der Waals surface area (Å²) in [6.07, 6.45) is 0. The van der Waals surface area contributed by atoms with E-state index >= 15 is 0 Å². The van der Waals surface area contributed by atoms with Gasteiger partial charge in [-0.05, 0) is 92.9 Å². The Morgan fingerprint density at radius 3 is 1.96 bits per heavy atom. The molecule has 2 aliphatic rings. The molecule has 0 N–H and O–H groups in total. The van der Waals surface area contributed by atoms with Crippen molar-refractivity contribution in [3.63, 3.8) is 0 Å². The zero-order chi connectivity index (χ0) is 32.7. The number of hydrogen-bond acceptors (Lipinski definition) is 1. The van der Waals surface area contributed by atoms with Gasteiger partial charge in [0.15, 0.2) is 0 Å². The molecule has 0 amide bonds. The number of para-hydroxylation sites is 2. The minimum atomic E-state index is 0.0419. The lowest BCUT2D eigenvalue weighted by molar-refractivity contribution is 0.486. The van der Waals surface area contributed by atoms with Crippen LogP contribution in [0.2, 0.25) is 0 Å². The Balaban J connectivity index is 1.31. The third-order valence-electron chi connectivity index (χ3n) is 10.9. The molecule has 8 aromatic rings. The molecule has 4 heterocycles. The van der Waals surface area contributed by atoms with Crippen molar-refractivity contribution in [1.82, 2.24) is 9.13 Å². The smallest absolute Gasteiger partial charge is 0.256 e. The SMILES string of the molecule is CC(C)(C)c1ccc(-n2c3ccccc3c3cc4c5ccc6c7c5n(c4cc32)-c2ccccc2B7c2cc(C(C)(C)C)ccc2O6)cc1. The lowest BCUT2D eigenvalue weighted by atomic mass is 9.34. The first-order chi connectivity index (χ1) is 23.1. The predicted molar refractivity (Wildman–Crippen MR) is 204 cm³/mol. The molecule has 0 unspecified atom stereocenters. The number of aromatic nitrogens is 2. The van der Waals surface area contributed by atoms with Gasteiger partial charge in [0.1, 0.15) is 11.5 Å². The number of ether oxygens (including phenoxy) is 1. The van der Waals surface area contributed by atoms with Crippen LogP contribution in [0.1, 0.15) is 52.7 Å². The van der Waals surface area contributed by atoms with Gasteiger partial charge in [0.05, 0.1) is 22.1 Å². The summed E-state index contributed by atoms with van der Waals surface area (Å²) in [7, 11) is 0. The van der Waals surface area contributed by atoms with E-state index in [0.717, 1.165) is 11.5 Å². The topological polar surface area (TPSA) is 19.1 Å². The van der Waals surface area contributed by atoms with Crippen molar-refractivity contribution in [2.75, 3.05) is 0 Å². The fourth-order valence-corrected chi connectivity index (χ4v) is 8.45. The second kappa shape index (κ2) is 9.23. The summed E-state index contributed by atoms with van der Waals surface area (Å²) in [6, 6.07) is 43.1. The van der Waals surface area contributed by atoms with Crippen LogP contribution in [0.3, 0.4) is 0 Å². The number of benzene rings is 6. The lowest BCUT2D eigenvalue weighted by Gasteiger charge is -2.33.